The standard InChI is InChI=1S/C18H26N2O4/c1-17(2,3)23-16(22)19-13-6-4-12(5-7-13)14-10-15(20-24-14)18(11-21)8-9-18/h10-13H,4-9H2,1-3H3,(H,19,22)/t12-,13-. The van der Waals surface area contributed by atoms with E-state index in [4.69, 9.17) is 9.26 Å². The molecular formula is C18H26N2O4. The summed E-state index contributed by atoms with van der Waals surface area (Å²) in [4.78, 5) is 23.0. The Morgan fingerprint density at radius 2 is 2.00 bits per heavy atom. The van der Waals surface area contributed by atoms with E-state index in [0.717, 1.165) is 56.3 Å². The summed E-state index contributed by atoms with van der Waals surface area (Å²) in [6, 6.07) is 2.09. The first kappa shape index (κ1) is 17.0. The Hall–Kier alpha value is -1.85. The van der Waals surface area contributed by atoms with Gasteiger partial charge in [-0.15, -0.1) is 0 Å². The lowest BCUT2D eigenvalue weighted by atomic mass is 9.84. The van der Waals surface area contributed by atoms with Crippen LogP contribution >= 0.6 is 0 Å². The number of amides is 1. The van der Waals surface area contributed by atoms with Crippen molar-refractivity contribution < 1.29 is 18.8 Å². The highest BCUT2D eigenvalue weighted by atomic mass is 16.6. The minimum atomic E-state index is -0.477. The molecule has 0 unspecified atom stereocenters. The summed E-state index contributed by atoms with van der Waals surface area (Å²) in [7, 11) is 0. The number of hydrogen-bond acceptors (Lipinski definition) is 5. The highest BCUT2D eigenvalue weighted by Crippen LogP contribution is 2.46. The SMILES string of the molecule is CC(C)(C)OC(=O)N[C@H]1CC[C@H](c2cc(C3(C=O)CC3)no2)CC1. The second-order valence-corrected chi connectivity index (χ2v) is 8.08. The lowest BCUT2D eigenvalue weighted by Gasteiger charge is -2.29. The van der Waals surface area contributed by atoms with E-state index in [1.807, 2.05) is 26.8 Å². The average molecular weight is 334 g/mol. The van der Waals surface area contributed by atoms with E-state index in [1.165, 1.54) is 0 Å². The molecule has 132 valence electrons. The van der Waals surface area contributed by atoms with Gasteiger partial charge in [-0.2, -0.15) is 0 Å². The number of nitrogens with zero attached hydrogens (tertiary/aromatic N) is 1. The van der Waals surface area contributed by atoms with Crippen LogP contribution in [0, 0.1) is 0 Å². The molecule has 24 heavy (non-hydrogen) atoms. The van der Waals surface area contributed by atoms with Crippen LogP contribution in [-0.4, -0.2) is 29.2 Å². The number of hydrogen-bond donors (Lipinski definition) is 1. The van der Waals surface area contributed by atoms with Gasteiger partial charge in [0.1, 0.15) is 17.6 Å². The fourth-order valence-corrected chi connectivity index (χ4v) is 3.28. The number of rotatable bonds is 4. The van der Waals surface area contributed by atoms with E-state index in [0.29, 0.717) is 5.92 Å². The first-order valence-electron chi connectivity index (χ1n) is 8.74. The molecule has 1 N–H and O–H groups in total. The lowest BCUT2D eigenvalue weighted by molar-refractivity contribution is -0.110. The van der Waals surface area contributed by atoms with Crippen molar-refractivity contribution in [1.29, 1.82) is 0 Å². The van der Waals surface area contributed by atoms with Crippen molar-refractivity contribution in [3.05, 3.63) is 17.5 Å². The molecule has 2 fully saturated rings. The van der Waals surface area contributed by atoms with Crippen LogP contribution in [0.5, 0.6) is 0 Å². The number of aromatic nitrogens is 1. The fraction of sp³-hybridized carbons (Fsp3) is 0.722. The van der Waals surface area contributed by atoms with Gasteiger partial charge in [0.25, 0.3) is 0 Å². The van der Waals surface area contributed by atoms with E-state index >= 15 is 0 Å². The van der Waals surface area contributed by atoms with Crippen LogP contribution in [0.4, 0.5) is 4.79 Å². The maximum atomic E-state index is 11.8. The summed E-state index contributed by atoms with van der Waals surface area (Å²) in [5.41, 5.74) is -0.0759. The maximum absolute atomic E-state index is 11.8. The molecule has 0 saturated heterocycles. The highest BCUT2D eigenvalue weighted by Gasteiger charge is 2.47. The Bertz CT molecular complexity index is 605. The molecule has 0 aliphatic heterocycles. The molecular weight excluding hydrogens is 308 g/mol. The smallest absolute Gasteiger partial charge is 0.407 e. The van der Waals surface area contributed by atoms with Crippen LogP contribution in [0.3, 0.4) is 0 Å². The summed E-state index contributed by atoms with van der Waals surface area (Å²) in [6.07, 6.45) is 6.03. The third kappa shape index (κ3) is 3.79. The predicted molar refractivity (Wildman–Crippen MR) is 87.8 cm³/mol. The molecule has 1 heterocycles. The van der Waals surface area contributed by atoms with Crippen LogP contribution < -0.4 is 5.32 Å². The quantitative estimate of drug-likeness (QED) is 0.853. The number of carbonyl (C=O) groups is 2. The molecule has 2 aliphatic rings. The summed E-state index contributed by atoms with van der Waals surface area (Å²) < 4.78 is 10.8. The van der Waals surface area contributed by atoms with Crippen molar-refractivity contribution in [3.8, 4) is 0 Å². The predicted octanol–water partition coefficient (Wildman–Crippen LogP) is 3.46. The van der Waals surface area contributed by atoms with Crippen molar-refractivity contribution in [1.82, 2.24) is 10.5 Å². The topological polar surface area (TPSA) is 81.4 Å². The Morgan fingerprint density at radius 1 is 1.33 bits per heavy atom. The van der Waals surface area contributed by atoms with E-state index in [9.17, 15) is 9.59 Å². The molecule has 2 saturated carbocycles. The Morgan fingerprint density at radius 3 is 2.54 bits per heavy atom. The van der Waals surface area contributed by atoms with Gasteiger partial charge in [0.2, 0.25) is 0 Å². The van der Waals surface area contributed by atoms with E-state index < -0.39 is 5.60 Å². The van der Waals surface area contributed by atoms with Gasteiger partial charge in [0, 0.05) is 18.0 Å². The molecule has 6 nitrogen and oxygen atoms in total. The molecule has 0 spiro atoms. The summed E-state index contributed by atoms with van der Waals surface area (Å²) in [5.74, 6) is 1.18. The second-order valence-electron chi connectivity index (χ2n) is 8.08. The lowest BCUT2D eigenvalue weighted by Crippen LogP contribution is -2.40. The van der Waals surface area contributed by atoms with Crippen molar-refractivity contribution >= 4 is 12.4 Å². The summed E-state index contributed by atoms with van der Waals surface area (Å²) in [6.45, 7) is 5.57. The Kier molecular flexibility index (Phi) is 4.40. The number of aldehydes is 1. The zero-order valence-electron chi connectivity index (χ0n) is 14.6. The van der Waals surface area contributed by atoms with Crippen LogP contribution in [0.15, 0.2) is 10.6 Å². The number of ether oxygens (including phenoxy) is 1. The van der Waals surface area contributed by atoms with Crippen LogP contribution in [0.1, 0.15) is 76.7 Å². The monoisotopic (exact) mass is 334 g/mol. The normalized spacial score (nSPS) is 25.8. The Labute approximate surface area is 142 Å². The van der Waals surface area contributed by atoms with Crippen molar-refractivity contribution in [2.45, 2.75) is 82.3 Å². The zero-order valence-corrected chi connectivity index (χ0v) is 14.6. The molecule has 3 rings (SSSR count). The largest absolute Gasteiger partial charge is 0.444 e. The minimum Gasteiger partial charge on any atom is -0.444 e. The third-order valence-corrected chi connectivity index (χ3v) is 4.90. The molecule has 0 atom stereocenters. The first-order valence-corrected chi connectivity index (χ1v) is 8.74. The molecule has 2 aliphatic carbocycles. The van der Waals surface area contributed by atoms with Crippen LogP contribution in [0.2, 0.25) is 0 Å². The molecule has 0 aromatic carbocycles. The molecule has 1 amide bonds. The molecule has 6 heteroatoms. The van der Waals surface area contributed by atoms with E-state index in [-0.39, 0.29) is 17.6 Å². The average Bonchev–Trinajstić information content (AvgIpc) is 3.15. The third-order valence-electron chi connectivity index (χ3n) is 4.90. The second kappa shape index (κ2) is 6.22. The molecule has 1 aromatic heterocycles. The van der Waals surface area contributed by atoms with Gasteiger partial charge in [-0.05, 0) is 59.3 Å². The minimum absolute atomic E-state index is 0.142. The summed E-state index contributed by atoms with van der Waals surface area (Å²) in [5, 5.41) is 7.05. The van der Waals surface area contributed by atoms with Crippen molar-refractivity contribution in [2.24, 2.45) is 0 Å². The molecule has 1 aromatic rings. The van der Waals surface area contributed by atoms with Gasteiger partial charge in [-0.3, -0.25) is 0 Å². The van der Waals surface area contributed by atoms with Crippen molar-refractivity contribution in [3.63, 3.8) is 0 Å². The van der Waals surface area contributed by atoms with Gasteiger partial charge in [-0.1, -0.05) is 5.16 Å². The van der Waals surface area contributed by atoms with Crippen LogP contribution in [0.25, 0.3) is 0 Å². The van der Waals surface area contributed by atoms with Gasteiger partial charge in [0.05, 0.1) is 11.1 Å². The molecule has 0 radical (unpaired) electrons. The van der Waals surface area contributed by atoms with E-state index in [1.54, 1.807) is 0 Å². The number of carbonyl (C=O) groups excluding carboxylic acids is 2. The van der Waals surface area contributed by atoms with E-state index in [2.05, 4.69) is 10.5 Å². The zero-order chi connectivity index (χ0) is 17.4. The van der Waals surface area contributed by atoms with Crippen molar-refractivity contribution in [2.75, 3.05) is 0 Å². The first-order chi connectivity index (χ1) is 11.3. The maximum Gasteiger partial charge on any atom is 0.407 e. The number of nitrogens with one attached hydrogen (secondary N) is 1. The van der Waals surface area contributed by atoms with Gasteiger partial charge in [-0.25, -0.2) is 4.79 Å². The van der Waals surface area contributed by atoms with Crippen LogP contribution in [-0.2, 0) is 14.9 Å². The molecule has 0 bridgehead atoms. The van der Waals surface area contributed by atoms with Gasteiger partial charge < -0.3 is 19.4 Å². The fourth-order valence-electron chi connectivity index (χ4n) is 3.28. The van der Waals surface area contributed by atoms with Gasteiger partial charge >= 0.3 is 6.09 Å². The van der Waals surface area contributed by atoms with Gasteiger partial charge in [0.15, 0.2) is 0 Å². The number of alkyl carbamates (subject to hydrolysis) is 1. The Balaban J connectivity index is 1.50. The summed E-state index contributed by atoms with van der Waals surface area (Å²) >= 11 is 0. The highest BCUT2D eigenvalue weighted by molar-refractivity contribution is 5.71.